The molecule has 0 rings (SSSR count). The molecule has 0 aromatic heterocycles. The van der Waals surface area contributed by atoms with Crippen molar-refractivity contribution < 1.29 is 26.9 Å². The zero-order chi connectivity index (χ0) is 16.9. The van der Waals surface area contributed by atoms with E-state index in [1.54, 1.807) is 0 Å². The smallest absolute Gasteiger partial charge is 0.381 e. The van der Waals surface area contributed by atoms with Crippen molar-refractivity contribution in [2.24, 2.45) is 4.99 Å². The molecule has 136 valence electrons. The fraction of sp³-hybridized carbons (Fsp3) is 0.842. The Morgan fingerprint density at radius 2 is 1.57 bits per heavy atom. The summed E-state index contributed by atoms with van der Waals surface area (Å²) >= 11 is 0. The zero-order valence-electron chi connectivity index (χ0n) is 15.4. The van der Waals surface area contributed by atoms with Crippen molar-refractivity contribution in [1.29, 1.82) is 0 Å². The second-order valence-corrected chi connectivity index (χ2v) is 5.49. The van der Waals surface area contributed by atoms with Gasteiger partial charge in [0, 0.05) is 19.3 Å². The van der Waals surface area contributed by atoms with Gasteiger partial charge in [-0.3, -0.25) is 0 Å². The standard InChI is InChI=1S/C15H31O.C4H6NO.Cr/c1-4-7-8-9-10-11-12-13-14-16-15(5-2)6-3;1-2-3-5-4-6;/h15H,2,4-14H2,1,3H3;1-3H2;/q2*-1;+2. The van der Waals surface area contributed by atoms with Gasteiger partial charge in [0.05, 0.1) is 0 Å². The minimum Gasteiger partial charge on any atom is -0.381 e. The van der Waals surface area contributed by atoms with Gasteiger partial charge in [-0.05, 0) is 12.8 Å². The van der Waals surface area contributed by atoms with E-state index in [0.717, 1.165) is 19.4 Å². The summed E-state index contributed by atoms with van der Waals surface area (Å²) in [6.07, 6.45) is 15.4. The molecule has 0 aliphatic carbocycles. The number of unbranched alkanes of at least 4 members (excludes halogenated alkanes) is 7. The van der Waals surface area contributed by atoms with Gasteiger partial charge in [0.2, 0.25) is 6.08 Å². The van der Waals surface area contributed by atoms with E-state index in [4.69, 9.17) is 4.74 Å². The maximum Gasteiger partial charge on any atom is 2.00 e. The third-order valence-corrected chi connectivity index (χ3v) is 3.46. The summed E-state index contributed by atoms with van der Waals surface area (Å²) in [5.74, 6) is 0. The summed E-state index contributed by atoms with van der Waals surface area (Å²) in [7, 11) is 0. The Kier molecular flexibility index (Phi) is 32.2. The molecule has 0 N–H and O–H groups in total. The van der Waals surface area contributed by atoms with Crippen molar-refractivity contribution >= 4 is 6.08 Å². The molecule has 0 spiro atoms. The van der Waals surface area contributed by atoms with Gasteiger partial charge in [0.1, 0.15) is 0 Å². The van der Waals surface area contributed by atoms with Crippen molar-refractivity contribution in [3.05, 3.63) is 13.8 Å². The van der Waals surface area contributed by atoms with E-state index < -0.39 is 0 Å². The van der Waals surface area contributed by atoms with Crippen molar-refractivity contribution in [1.82, 2.24) is 0 Å². The van der Waals surface area contributed by atoms with E-state index in [1.165, 1.54) is 57.4 Å². The van der Waals surface area contributed by atoms with E-state index in [-0.39, 0.29) is 17.4 Å². The molecular weight excluding hydrogens is 326 g/mol. The summed E-state index contributed by atoms with van der Waals surface area (Å²) in [5, 5.41) is 0. The van der Waals surface area contributed by atoms with Gasteiger partial charge in [0.25, 0.3) is 0 Å². The van der Waals surface area contributed by atoms with Crippen LogP contribution < -0.4 is 0 Å². The molecule has 1 atom stereocenters. The number of hydrogen-bond donors (Lipinski definition) is 0. The number of rotatable bonds is 14. The summed E-state index contributed by atoms with van der Waals surface area (Å²) in [5.41, 5.74) is 0. The molecular formula is C19H37CrNO2. The largest absolute Gasteiger partial charge is 2.00 e. The minimum atomic E-state index is 0. The fourth-order valence-electron chi connectivity index (χ4n) is 2.02. The van der Waals surface area contributed by atoms with Crippen LogP contribution in [0.4, 0.5) is 0 Å². The molecule has 23 heavy (non-hydrogen) atoms. The van der Waals surface area contributed by atoms with E-state index in [2.05, 4.69) is 32.7 Å². The first-order valence-electron chi connectivity index (χ1n) is 9.00. The number of isocyanates is 1. The van der Waals surface area contributed by atoms with Crippen LogP contribution >= 0.6 is 0 Å². The second-order valence-electron chi connectivity index (χ2n) is 5.49. The van der Waals surface area contributed by atoms with E-state index in [9.17, 15) is 4.79 Å². The summed E-state index contributed by atoms with van der Waals surface area (Å²) < 4.78 is 5.72. The predicted octanol–water partition coefficient (Wildman–Crippen LogP) is 5.69. The third kappa shape index (κ3) is 27.0. The normalized spacial score (nSPS) is 10.8. The monoisotopic (exact) mass is 363 g/mol. The van der Waals surface area contributed by atoms with Crippen LogP contribution in [-0.2, 0) is 26.9 Å². The van der Waals surface area contributed by atoms with Crippen LogP contribution in [0.15, 0.2) is 4.99 Å². The predicted molar refractivity (Wildman–Crippen MR) is 95.6 cm³/mol. The van der Waals surface area contributed by atoms with E-state index in [1.807, 2.05) is 0 Å². The Balaban J connectivity index is -0.000000487. The molecule has 0 aromatic carbocycles. The summed E-state index contributed by atoms with van der Waals surface area (Å²) in [6.45, 7) is 13.2. The molecule has 1 unspecified atom stereocenters. The topological polar surface area (TPSA) is 38.7 Å². The molecule has 0 aliphatic heterocycles. The van der Waals surface area contributed by atoms with Gasteiger partial charge in [0.15, 0.2) is 0 Å². The number of ether oxygens (including phenoxy) is 1. The molecule has 0 saturated carbocycles. The van der Waals surface area contributed by atoms with E-state index >= 15 is 0 Å². The number of aliphatic imine (C=N–C) groups is 1. The zero-order valence-corrected chi connectivity index (χ0v) is 16.6. The Labute approximate surface area is 155 Å². The average Bonchev–Trinajstić information content (AvgIpc) is 2.55. The molecule has 0 bridgehead atoms. The van der Waals surface area contributed by atoms with Gasteiger partial charge in [-0.15, -0.1) is 0 Å². The molecule has 3 nitrogen and oxygen atoms in total. The summed E-state index contributed by atoms with van der Waals surface area (Å²) in [4.78, 5) is 12.5. The molecule has 0 aromatic rings. The van der Waals surface area contributed by atoms with Crippen LogP contribution in [0.25, 0.3) is 0 Å². The molecule has 4 heteroatoms. The third-order valence-electron chi connectivity index (χ3n) is 3.46. The fourth-order valence-corrected chi connectivity index (χ4v) is 2.02. The van der Waals surface area contributed by atoms with Crippen LogP contribution in [0.5, 0.6) is 0 Å². The Hall–Kier alpha value is -0.128. The second kappa shape index (κ2) is 26.8. The van der Waals surface area contributed by atoms with Crippen molar-refractivity contribution in [3.63, 3.8) is 0 Å². The summed E-state index contributed by atoms with van der Waals surface area (Å²) in [6, 6.07) is 0. The quantitative estimate of drug-likeness (QED) is 0.172. The molecule has 0 radical (unpaired) electrons. The molecule has 0 heterocycles. The Bertz CT molecular complexity index is 240. The average molecular weight is 364 g/mol. The maximum atomic E-state index is 9.24. The first-order valence-corrected chi connectivity index (χ1v) is 9.00. The SMILES string of the molecule is [CH2-]CC(CC)OCCCCCCCCCC.[CH2-]CCN=C=O.[Cr+2]. The van der Waals surface area contributed by atoms with Gasteiger partial charge in [-0.25, -0.2) is 9.79 Å². The van der Waals surface area contributed by atoms with Crippen molar-refractivity contribution in [2.75, 3.05) is 13.2 Å². The maximum absolute atomic E-state index is 9.24. The van der Waals surface area contributed by atoms with Gasteiger partial charge in [-0.2, -0.15) is 12.8 Å². The van der Waals surface area contributed by atoms with Gasteiger partial charge < -0.3 is 18.6 Å². The number of carbonyl (C=O) groups excluding carboxylic acids is 1. The number of hydrogen-bond acceptors (Lipinski definition) is 3. The Morgan fingerprint density at radius 1 is 1.00 bits per heavy atom. The van der Waals surface area contributed by atoms with Crippen LogP contribution in [0.3, 0.4) is 0 Å². The number of nitrogens with zero attached hydrogens (tertiary/aromatic N) is 1. The van der Waals surface area contributed by atoms with Crippen LogP contribution in [0, 0.1) is 13.8 Å². The molecule has 0 fully saturated rings. The Morgan fingerprint density at radius 3 is 1.96 bits per heavy atom. The van der Waals surface area contributed by atoms with Crippen molar-refractivity contribution in [3.8, 4) is 0 Å². The molecule has 0 saturated heterocycles. The van der Waals surface area contributed by atoms with Crippen LogP contribution in [0.1, 0.15) is 84.5 Å². The van der Waals surface area contributed by atoms with Crippen LogP contribution in [0.2, 0.25) is 0 Å². The van der Waals surface area contributed by atoms with E-state index in [0.29, 0.717) is 19.1 Å². The molecule has 0 amide bonds. The van der Waals surface area contributed by atoms with Gasteiger partial charge in [-0.1, -0.05) is 58.8 Å². The molecule has 0 aliphatic rings. The first-order chi connectivity index (χ1) is 10.8. The van der Waals surface area contributed by atoms with Crippen molar-refractivity contribution in [2.45, 2.75) is 90.6 Å². The first kappa shape index (κ1) is 27.7. The van der Waals surface area contributed by atoms with Crippen LogP contribution in [-0.4, -0.2) is 25.3 Å². The minimum absolute atomic E-state index is 0. The van der Waals surface area contributed by atoms with Gasteiger partial charge >= 0.3 is 17.4 Å².